The lowest BCUT2D eigenvalue weighted by molar-refractivity contribution is 0.0983. The molecule has 0 unspecified atom stereocenters. The SMILES string of the molecule is O=C(CCc1ccccc1)c1ccc2ncccc2c1. The number of pyridine rings is 1. The summed E-state index contributed by atoms with van der Waals surface area (Å²) in [5.74, 6) is 0.180. The molecule has 0 radical (unpaired) electrons. The molecule has 0 N–H and O–H groups in total. The van der Waals surface area contributed by atoms with Crippen LogP contribution in [0.4, 0.5) is 0 Å². The predicted molar refractivity (Wildman–Crippen MR) is 80.8 cm³/mol. The fourth-order valence-electron chi connectivity index (χ4n) is 2.30. The summed E-state index contributed by atoms with van der Waals surface area (Å²) in [5, 5.41) is 1.01. The molecule has 0 bridgehead atoms. The van der Waals surface area contributed by atoms with E-state index in [0.29, 0.717) is 6.42 Å². The van der Waals surface area contributed by atoms with Gasteiger partial charge in [-0.3, -0.25) is 9.78 Å². The summed E-state index contributed by atoms with van der Waals surface area (Å²) in [5.41, 5.74) is 2.89. The quantitative estimate of drug-likeness (QED) is 0.663. The largest absolute Gasteiger partial charge is 0.294 e. The van der Waals surface area contributed by atoms with Gasteiger partial charge in [0.2, 0.25) is 0 Å². The second-order valence-corrected chi connectivity index (χ2v) is 4.82. The van der Waals surface area contributed by atoms with Gasteiger partial charge in [-0.25, -0.2) is 0 Å². The van der Waals surface area contributed by atoms with Crippen LogP contribution in [0.25, 0.3) is 10.9 Å². The number of carbonyl (C=O) groups is 1. The van der Waals surface area contributed by atoms with Crippen molar-refractivity contribution < 1.29 is 4.79 Å². The summed E-state index contributed by atoms with van der Waals surface area (Å²) >= 11 is 0. The molecule has 0 aliphatic carbocycles. The highest BCUT2D eigenvalue weighted by Gasteiger charge is 2.07. The molecule has 1 heterocycles. The number of hydrogen-bond acceptors (Lipinski definition) is 2. The topological polar surface area (TPSA) is 30.0 Å². The average Bonchev–Trinajstić information content (AvgIpc) is 2.53. The van der Waals surface area contributed by atoms with Crippen molar-refractivity contribution in [2.24, 2.45) is 0 Å². The molecular formula is C18H15NO. The van der Waals surface area contributed by atoms with E-state index in [1.54, 1.807) is 6.20 Å². The maximum Gasteiger partial charge on any atom is 0.163 e. The zero-order valence-electron chi connectivity index (χ0n) is 11.1. The van der Waals surface area contributed by atoms with Crippen LogP contribution < -0.4 is 0 Å². The Morgan fingerprint density at radius 2 is 1.80 bits per heavy atom. The van der Waals surface area contributed by atoms with Crippen LogP contribution in [-0.2, 0) is 6.42 Å². The van der Waals surface area contributed by atoms with E-state index in [1.807, 2.05) is 48.5 Å². The van der Waals surface area contributed by atoms with Crippen LogP contribution in [0.1, 0.15) is 22.3 Å². The van der Waals surface area contributed by atoms with Crippen LogP contribution in [0.15, 0.2) is 66.9 Å². The third kappa shape index (κ3) is 2.75. The zero-order chi connectivity index (χ0) is 13.8. The number of fused-ring (bicyclic) bond motifs is 1. The number of rotatable bonds is 4. The van der Waals surface area contributed by atoms with Crippen LogP contribution >= 0.6 is 0 Å². The maximum atomic E-state index is 12.2. The Morgan fingerprint density at radius 1 is 0.950 bits per heavy atom. The first-order chi connectivity index (χ1) is 9.83. The lowest BCUT2D eigenvalue weighted by atomic mass is 10.0. The first-order valence-corrected chi connectivity index (χ1v) is 6.75. The second-order valence-electron chi connectivity index (χ2n) is 4.82. The molecule has 0 amide bonds. The standard InChI is InChI=1S/C18H15NO/c20-18(11-8-14-5-2-1-3-6-14)16-9-10-17-15(13-16)7-4-12-19-17/h1-7,9-10,12-13H,8,11H2. The van der Waals surface area contributed by atoms with Gasteiger partial charge in [0.1, 0.15) is 0 Å². The lowest BCUT2D eigenvalue weighted by Crippen LogP contribution is -2.01. The molecule has 2 aromatic carbocycles. The fourth-order valence-corrected chi connectivity index (χ4v) is 2.30. The first-order valence-electron chi connectivity index (χ1n) is 6.75. The van der Waals surface area contributed by atoms with E-state index >= 15 is 0 Å². The van der Waals surface area contributed by atoms with Crippen molar-refractivity contribution in [3.8, 4) is 0 Å². The molecule has 3 rings (SSSR count). The van der Waals surface area contributed by atoms with Crippen molar-refractivity contribution in [2.45, 2.75) is 12.8 Å². The summed E-state index contributed by atoms with van der Waals surface area (Å²) < 4.78 is 0. The molecule has 20 heavy (non-hydrogen) atoms. The smallest absolute Gasteiger partial charge is 0.163 e. The molecule has 0 atom stereocenters. The molecule has 2 heteroatoms. The minimum absolute atomic E-state index is 0.180. The summed E-state index contributed by atoms with van der Waals surface area (Å²) in [6.07, 6.45) is 3.08. The minimum atomic E-state index is 0.180. The van der Waals surface area contributed by atoms with E-state index in [4.69, 9.17) is 0 Å². The van der Waals surface area contributed by atoms with Gasteiger partial charge in [0, 0.05) is 23.6 Å². The van der Waals surface area contributed by atoms with E-state index in [9.17, 15) is 4.79 Å². The van der Waals surface area contributed by atoms with Gasteiger partial charge in [0.05, 0.1) is 5.52 Å². The number of nitrogens with zero attached hydrogens (tertiary/aromatic N) is 1. The van der Waals surface area contributed by atoms with Gasteiger partial charge in [0.25, 0.3) is 0 Å². The molecule has 0 saturated heterocycles. The number of hydrogen-bond donors (Lipinski definition) is 0. The summed E-state index contributed by atoms with van der Waals surface area (Å²) in [6.45, 7) is 0. The summed E-state index contributed by atoms with van der Waals surface area (Å²) in [4.78, 5) is 16.5. The Kier molecular flexibility index (Phi) is 3.55. The van der Waals surface area contributed by atoms with Gasteiger partial charge in [-0.05, 0) is 36.2 Å². The number of benzene rings is 2. The second kappa shape index (κ2) is 5.66. The number of aromatic nitrogens is 1. The van der Waals surface area contributed by atoms with E-state index in [0.717, 1.165) is 22.9 Å². The molecule has 0 saturated carbocycles. The zero-order valence-corrected chi connectivity index (χ0v) is 11.1. The highest BCUT2D eigenvalue weighted by Crippen LogP contribution is 2.15. The maximum absolute atomic E-state index is 12.2. The predicted octanol–water partition coefficient (Wildman–Crippen LogP) is 4.05. The first kappa shape index (κ1) is 12.5. The van der Waals surface area contributed by atoms with Crippen LogP contribution in [0.2, 0.25) is 0 Å². The van der Waals surface area contributed by atoms with Gasteiger partial charge in [-0.1, -0.05) is 36.4 Å². The van der Waals surface area contributed by atoms with Crippen LogP contribution in [0.3, 0.4) is 0 Å². The highest BCUT2D eigenvalue weighted by molar-refractivity contribution is 5.99. The molecular weight excluding hydrogens is 246 g/mol. The molecule has 1 aromatic heterocycles. The lowest BCUT2D eigenvalue weighted by Gasteiger charge is -2.03. The van der Waals surface area contributed by atoms with Crippen molar-refractivity contribution in [3.63, 3.8) is 0 Å². The monoisotopic (exact) mass is 261 g/mol. The average molecular weight is 261 g/mol. The normalized spacial score (nSPS) is 10.6. The van der Waals surface area contributed by atoms with Gasteiger partial charge in [0.15, 0.2) is 5.78 Å². The Hall–Kier alpha value is -2.48. The van der Waals surface area contributed by atoms with Gasteiger partial charge in [-0.15, -0.1) is 0 Å². The summed E-state index contributed by atoms with van der Waals surface area (Å²) in [7, 11) is 0. The number of aryl methyl sites for hydroxylation is 1. The number of Topliss-reactive ketones (excluding diaryl/α,β-unsaturated/α-hetero) is 1. The molecule has 2 nitrogen and oxygen atoms in total. The Labute approximate surface area is 118 Å². The third-order valence-corrected chi connectivity index (χ3v) is 3.41. The van der Waals surface area contributed by atoms with Crippen molar-refractivity contribution in [1.29, 1.82) is 0 Å². The molecule has 0 spiro atoms. The molecule has 98 valence electrons. The van der Waals surface area contributed by atoms with E-state index in [1.165, 1.54) is 5.56 Å². The molecule has 0 fully saturated rings. The number of ketones is 1. The van der Waals surface area contributed by atoms with Crippen molar-refractivity contribution in [1.82, 2.24) is 4.98 Å². The van der Waals surface area contributed by atoms with Crippen molar-refractivity contribution in [3.05, 3.63) is 78.0 Å². The van der Waals surface area contributed by atoms with Crippen LogP contribution in [0.5, 0.6) is 0 Å². The Balaban J connectivity index is 1.75. The Morgan fingerprint density at radius 3 is 2.65 bits per heavy atom. The highest BCUT2D eigenvalue weighted by atomic mass is 16.1. The van der Waals surface area contributed by atoms with Gasteiger partial charge >= 0.3 is 0 Å². The fraction of sp³-hybridized carbons (Fsp3) is 0.111. The minimum Gasteiger partial charge on any atom is -0.294 e. The van der Waals surface area contributed by atoms with Crippen molar-refractivity contribution >= 4 is 16.7 Å². The molecule has 0 aliphatic rings. The van der Waals surface area contributed by atoms with E-state index < -0.39 is 0 Å². The van der Waals surface area contributed by atoms with E-state index in [-0.39, 0.29) is 5.78 Å². The van der Waals surface area contributed by atoms with Gasteiger partial charge in [-0.2, -0.15) is 0 Å². The van der Waals surface area contributed by atoms with Gasteiger partial charge < -0.3 is 0 Å². The number of carbonyl (C=O) groups excluding carboxylic acids is 1. The van der Waals surface area contributed by atoms with Crippen LogP contribution in [0, 0.1) is 0 Å². The summed E-state index contributed by atoms with van der Waals surface area (Å²) in [6, 6.07) is 19.7. The third-order valence-electron chi connectivity index (χ3n) is 3.41. The van der Waals surface area contributed by atoms with Crippen molar-refractivity contribution in [2.75, 3.05) is 0 Å². The van der Waals surface area contributed by atoms with E-state index in [2.05, 4.69) is 17.1 Å². The Bertz CT molecular complexity index is 735. The molecule has 0 aliphatic heterocycles. The molecule has 3 aromatic rings. The van der Waals surface area contributed by atoms with Crippen LogP contribution in [-0.4, -0.2) is 10.8 Å².